The molecule has 1 aromatic rings. The van der Waals surface area contributed by atoms with E-state index in [0.29, 0.717) is 17.5 Å². The second kappa shape index (κ2) is 6.03. The van der Waals surface area contributed by atoms with E-state index in [4.69, 9.17) is 0 Å². The van der Waals surface area contributed by atoms with Crippen LogP contribution in [0.2, 0.25) is 0 Å². The largest absolute Gasteiger partial charge is 0.350 e. The highest BCUT2D eigenvalue weighted by Crippen LogP contribution is 2.41. The van der Waals surface area contributed by atoms with E-state index in [9.17, 15) is 4.79 Å². The first-order chi connectivity index (χ1) is 10.4. The standard InChI is InChI=1S/C17H28N4O/c1-17(2,3)21-15(13-6-7-13)9-14(20-21)16(22)19-11-12-5-4-8-18-10-12/h9,12-13,18H,4-8,10-11H2,1-3H3,(H,19,22). The minimum absolute atomic E-state index is 0.0320. The van der Waals surface area contributed by atoms with Gasteiger partial charge in [0.25, 0.3) is 5.91 Å². The summed E-state index contributed by atoms with van der Waals surface area (Å²) in [4.78, 5) is 12.4. The first kappa shape index (κ1) is 15.5. The molecule has 1 aliphatic heterocycles. The highest BCUT2D eigenvalue weighted by Gasteiger charge is 2.32. The Balaban J connectivity index is 1.67. The molecular weight excluding hydrogens is 276 g/mol. The maximum Gasteiger partial charge on any atom is 0.271 e. The number of piperidine rings is 1. The summed E-state index contributed by atoms with van der Waals surface area (Å²) >= 11 is 0. The van der Waals surface area contributed by atoms with Gasteiger partial charge in [0.2, 0.25) is 0 Å². The quantitative estimate of drug-likeness (QED) is 0.897. The summed E-state index contributed by atoms with van der Waals surface area (Å²) < 4.78 is 2.04. The zero-order valence-corrected chi connectivity index (χ0v) is 14.0. The van der Waals surface area contributed by atoms with Crippen molar-refractivity contribution in [3.05, 3.63) is 17.5 Å². The minimum atomic E-state index is -0.0796. The van der Waals surface area contributed by atoms with Gasteiger partial charge in [-0.05, 0) is 71.5 Å². The first-order valence-electron chi connectivity index (χ1n) is 8.54. The van der Waals surface area contributed by atoms with Crippen molar-refractivity contribution in [3.8, 4) is 0 Å². The van der Waals surface area contributed by atoms with Crippen LogP contribution in [0.5, 0.6) is 0 Å². The zero-order chi connectivity index (χ0) is 15.7. The first-order valence-corrected chi connectivity index (χ1v) is 8.54. The molecule has 1 atom stereocenters. The Bertz CT molecular complexity index is 533. The predicted octanol–water partition coefficient (Wildman–Crippen LogP) is 2.24. The molecule has 2 fully saturated rings. The summed E-state index contributed by atoms with van der Waals surface area (Å²) in [5.74, 6) is 1.11. The Morgan fingerprint density at radius 1 is 1.41 bits per heavy atom. The van der Waals surface area contributed by atoms with Crippen LogP contribution in [0.1, 0.15) is 68.6 Å². The average Bonchev–Trinajstić information content (AvgIpc) is 3.23. The molecule has 22 heavy (non-hydrogen) atoms. The van der Waals surface area contributed by atoms with Gasteiger partial charge in [-0.25, -0.2) is 0 Å². The number of carbonyl (C=O) groups excluding carboxylic acids is 1. The SMILES string of the molecule is CC(C)(C)n1nc(C(=O)NCC2CCCNC2)cc1C1CC1. The maximum atomic E-state index is 12.4. The lowest BCUT2D eigenvalue weighted by atomic mass is 10.00. The van der Waals surface area contributed by atoms with Crippen LogP contribution in [0.25, 0.3) is 0 Å². The van der Waals surface area contributed by atoms with Crippen molar-refractivity contribution in [2.24, 2.45) is 5.92 Å². The lowest BCUT2D eigenvalue weighted by molar-refractivity contribution is 0.0938. The van der Waals surface area contributed by atoms with E-state index in [0.717, 1.165) is 19.6 Å². The maximum absolute atomic E-state index is 12.4. The molecule has 1 aromatic heterocycles. The van der Waals surface area contributed by atoms with Crippen molar-refractivity contribution < 1.29 is 4.79 Å². The normalized spacial score (nSPS) is 22.6. The van der Waals surface area contributed by atoms with Crippen LogP contribution in [0, 0.1) is 5.92 Å². The van der Waals surface area contributed by atoms with Crippen LogP contribution in [-0.2, 0) is 5.54 Å². The van der Waals surface area contributed by atoms with Crippen LogP contribution in [0.15, 0.2) is 6.07 Å². The second-order valence-corrected chi connectivity index (χ2v) is 7.73. The monoisotopic (exact) mass is 304 g/mol. The van der Waals surface area contributed by atoms with Gasteiger partial charge in [-0.3, -0.25) is 9.48 Å². The number of nitrogens with zero attached hydrogens (tertiary/aromatic N) is 2. The number of carbonyl (C=O) groups is 1. The van der Waals surface area contributed by atoms with Crippen LogP contribution >= 0.6 is 0 Å². The van der Waals surface area contributed by atoms with E-state index in [2.05, 4.69) is 36.5 Å². The van der Waals surface area contributed by atoms with Gasteiger partial charge in [0.1, 0.15) is 5.69 Å². The third-order valence-corrected chi connectivity index (χ3v) is 4.55. The molecule has 5 nitrogen and oxygen atoms in total. The molecule has 1 saturated carbocycles. The Morgan fingerprint density at radius 2 is 2.18 bits per heavy atom. The van der Waals surface area contributed by atoms with E-state index >= 15 is 0 Å². The van der Waals surface area contributed by atoms with Crippen molar-refractivity contribution in [3.63, 3.8) is 0 Å². The Morgan fingerprint density at radius 3 is 2.77 bits per heavy atom. The molecule has 2 N–H and O–H groups in total. The fourth-order valence-corrected chi connectivity index (χ4v) is 3.14. The number of aromatic nitrogens is 2. The molecule has 5 heteroatoms. The van der Waals surface area contributed by atoms with Crippen molar-refractivity contribution >= 4 is 5.91 Å². The third kappa shape index (κ3) is 3.51. The van der Waals surface area contributed by atoms with Crippen LogP contribution in [0.4, 0.5) is 0 Å². The number of hydrogen-bond acceptors (Lipinski definition) is 3. The van der Waals surface area contributed by atoms with Gasteiger partial charge in [0, 0.05) is 18.2 Å². The van der Waals surface area contributed by atoms with E-state index in [1.54, 1.807) is 0 Å². The minimum Gasteiger partial charge on any atom is -0.350 e. The molecule has 1 saturated heterocycles. The summed E-state index contributed by atoms with van der Waals surface area (Å²) in [5.41, 5.74) is 1.71. The molecule has 1 unspecified atom stereocenters. The van der Waals surface area contributed by atoms with Crippen LogP contribution < -0.4 is 10.6 Å². The highest BCUT2D eigenvalue weighted by atomic mass is 16.1. The van der Waals surface area contributed by atoms with E-state index in [1.165, 1.54) is 31.4 Å². The summed E-state index contributed by atoms with van der Waals surface area (Å²) in [6, 6.07) is 2.00. The van der Waals surface area contributed by atoms with E-state index in [-0.39, 0.29) is 11.4 Å². The van der Waals surface area contributed by atoms with Gasteiger partial charge in [-0.1, -0.05) is 0 Å². The van der Waals surface area contributed by atoms with Crippen molar-refractivity contribution in [1.29, 1.82) is 0 Å². The van der Waals surface area contributed by atoms with Crippen LogP contribution in [-0.4, -0.2) is 35.3 Å². The summed E-state index contributed by atoms with van der Waals surface area (Å²) in [7, 11) is 0. The molecule has 0 spiro atoms. The van der Waals surface area contributed by atoms with Crippen LogP contribution in [0.3, 0.4) is 0 Å². The summed E-state index contributed by atoms with van der Waals surface area (Å²) in [5, 5.41) is 11.0. The van der Waals surface area contributed by atoms with Gasteiger partial charge in [-0.2, -0.15) is 5.10 Å². The van der Waals surface area contributed by atoms with Gasteiger partial charge < -0.3 is 10.6 Å². The number of nitrogens with one attached hydrogen (secondary N) is 2. The topological polar surface area (TPSA) is 59.0 Å². The predicted molar refractivity (Wildman–Crippen MR) is 87.1 cm³/mol. The lowest BCUT2D eigenvalue weighted by Crippen LogP contribution is -2.38. The molecule has 1 aliphatic carbocycles. The fraction of sp³-hybridized carbons (Fsp3) is 0.765. The number of rotatable bonds is 4. The number of amides is 1. The van der Waals surface area contributed by atoms with Gasteiger partial charge in [-0.15, -0.1) is 0 Å². The summed E-state index contributed by atoms with van der Waals surface area (Å²) in [6.07, 6.45) is 4.83. The third-order valence-electron chi connectivity index (χ3n) is 4.55. The highest BCUT2D eigenvalue weighted by molar-refractivity contribution is 5.92. The number of hydrogen-bond donors (Lipinski definition) is 2. The van der Waals surface area contributed by atoms with Crippen molar-refractivity contribution in [1.82, 2.24) is 20.4 Å². The molecule has 2 aliphatic rings. The van der Waals surface area contributed by atoms with Crippen molar-refractivity contribution in [2.45, 2.75) is 57.9 Å². The van der Waals surface area contributed by atoms with Gasteiger partial charge in [0.15, 0.2) is 0 Å². The molecule has 0 aromatic carbocycles. The molecule has 0 bridgehead atoms. The molecule has 3 rings (SSSR count). The molecule has 1 amide bonds. The Labute approximate surface area is 132 Å². The zero-order valence-electron chi connectivity index (χ0n) is 14.0. The fourth-order valence-electron chi connectivity index (χ4n) is 3.14. The van der Waals surface area contributed by atoms with Gasteiger partial charge in [0.05, 0.1) is 5.54 Å². The summed E-state index contributed by atoms with van der Waals surface area (Å²) in [6.45, 7) is 9.27. The average molecular weight is 304 g/mol. The molecule has 2 heterocycles. The van der Waals surface area contributed by atoms with E-state index < -0.39 is 0 Å². The molecular formula is C17H28N4O. The van der Waals surface area contributed by atoms with E-state index in [1.807, 2.05) is 10.7 Å². The Kier molecular flexibility index (Phi) is 4.26. The second-order valence-electron chi connectivity index (χ2n) is 7.73. The van der Waals surface area contributed by atoms with Gasteiger partial charge >= 0.3 is 0 Å². The van der Waals surface area contributed by atoms with Crippen molar-refractivity contribution in [2.75, 3.05) is 19.6 Å². The smallest absolute Gasteiger partial charge is 0.271 e. The lowest BCUT2D eigenvalue weighted by Gasteiger charge is -2.23. The Hall–Kier alpha value is -1.36. The molecule has 122 valence electrons. The molecule has 0 radical (unpaired) electrons.